The van der Waals surface area contributed by atoms with Crippen molar-refractivity contribution in [2.45, 2.75) is 38.5 Å². The predicted molar refractivity (Wildman–Crippen MR) is 456 cm³/mol. The maximum Gasteiger partial charge on any atom is 0.0165 e. The largest absolute Gasteiger partial charge is 0.0616 e. The molecule has 0 spiro atoms. The Morgan fingerprint density at radius 3 is 0.868 bits per heavy atom. The molecule has 0 heterocycles. The second-order valence-electron chi connectivity index (χ2n) is 30.4. The average molecular weight is 1350 g/mol. The Morgan fingerprint density at radius 2 is 0.443 bits per heavy atom. The molecule has 0 unspecified atom stereocenters. The Hall–Kier alpha value is -13.0. The number of hydrogen-bond acceptors (Lipinski definition) is 0. The van der Waals surface area contributed by atoms with Crippen LogP contribution in [0, 0.1) is 0 Å². The van der Waals surface area contributed by atoms with E-state index in [4.69, 9.17) is 0 Å². The Labute approximate surface area is 617 Å². The van der Waals surface area contributed by atoms with E-state index >= 15 is 0 Å². The van der Waals surface area contributed by atoms with Gasteiger partial charge in [0.2, 0.25) is 0 Å². The van der Waals surface area contributed by atoms with Gasteiger partial charge in [-0.05, 0) is 243 Å². The van der Waals surface area contributed by atoms with Crippen LogP contribution in [0.2, 0.25) is 0 Å². The van der Waals surface area contributed by atoms with E-state index in [1.54, 1.807) is 0 Å². The standard InChI is InChI=1S/2C53H36/c1-53(2)49-30-28-37(32-48(49)46-29-27-33-13-3-6-16-39(33)52(46)53)51-44-21-11-9-19-42(44)50(43-20-10-12-22-45(43)51)35-25-23-34(24-26-35)47-31-36-14-4-5-15-38(36)40-17-7-8-18-41(40)47;1-53(2)49-30-28-35(32-48(49)46-29-27-33-15-3-6-18-37(33)52(46)53)50-42-23-11-13-25-44(42)51(45-26-14-12-24-43(45)50)41-22-10-9-21-40(41)47-31-34-16-4-5-17-36(34)38-19-7-8-20-39(38)47/h2*3-32H,1-2H3. The van der Waals surface area contributed by atoms with Crippen LogP contribution >= 0.6 is 0 Å². The van der Waals surface area contributed by atoms with Crippen LogP contribution < -0.4 is 0 Å². The van der Waals surface area contributed by atoms with Crippen molar-refractivity contribution in [3.8, 4) is 89.0 Å². The molecule has 20 aromatic carbocycles. The molecular formula is C106H72. The van der Waals surface area contributed by atoms with Crippen LogP contribution in [-0.4, -0.2) is 0 Å². The summed E-state index contributed by atoms with van der Waals surface area (Å²) in [5.74, 6) is 0. The minimum atomic E-state index is -0.0886. The highest BCUT2D eigenvalue weighted by molar-refractivity contribution is 6.25. The molecule has 0 saturated heterocycles. The van der Waals surface area contributed by atoms with E-state index < -0.39 is 0 Å². The third kappa shape index (κ3) is 9.27. The lowest BCUT2D eigenvalue weighted by molar-refractivity contribution is 0.666. The summed E-state index contributed by atoms with van der Waals surface area (Å²) in [4.78, 5) is 0. The Kier molecular flexibility index (Phi) is 13.8. The van der Waals surface area contributed by atoms with E-state index in [1.807, 2.05) is 0 Å². The summed E-state index contributed by atoms with van der Waals surface area (Å²) in [6, 6.07) is 136. The van der Waals surface area contributed by atoms with Crippen molar-refractivity contribution >= 4 is 108 Å². The molecule has 106 heavy (non-hydrogen) atoms. The third-order valence-corrected chi connectivity index (χ3v) is 24.0. The fraction of sp³-hybridized carbons (Fsp3) is 0.0566. The molecule has 0 nitrogen and oxygen atoms in total. The molecule has 0 bridgehead atoms. The lowest BCUT2D eigenvalue weighted by Crippen LogP contribution is -2.15. The zero-order chi connectivity index (χ0) is 70.5. The highest BCUT2D eigenvalue weighted by atomic mass is 14.4. The van der Waals surface area contributed by atoms with E-state index in [-0.39, 0.29) is 10.8 Å². The van der Waals surface area contributed by atoms with E-state index in [9.17, 15) is 0 Å². The van der Waals surface area contributed by atoms with E-state index in [0.29, 0.717) is 0 Å². The van der Waals surface area contributed by atoms with Gasteiger partial charge in [0, 0.05) is 10.8 Å². The van der Waals surface area contributed by atoms with Crippen LogP contribution in [0.5, 0.6) is 0 Å². The molecule has 2 aliphatic carbocycles. The zero-order valence-electron chi connectivity index (χ0n) is 59.6. The maximum atomic E-state index is 2.47. The normalized spacial score (nSPS) is 13.2. The minimum absolute atomic E-state index is 0.0800. The lowest BCUT2D eigenvalue weighted by Gasteiger charge is -2.23. The summed E-state index contributed by atoms with van der Waals surface area (Å²) >= 11 is 0. The van der Waals surface area contributed by atoms with Gasteiger partial charge in [-0.3, -0.25) is 0 Å². The summed E-state index contributed by atoms with van der Waals surface area (Å²) in [5.41, 5.74) is 26.1. The predicted octanol–water partition coefficient (Wildman–Crippen LogP) is 29.5. The van der Waals surface area contributed by atoms with Crippen molar-refractivity contribution in [2.24, 2.45) is 0 Å². The molecule has 0 N–H and O–H groups in total. The van der Waals surface area contributed by atoms with Crippen molar-refractivity contribution in [3.05, 3.63) is 386 Å². The third-order valence-electron chi connectivity index (χ3n) is 24.0. The molecule has 0 fully saturated rings. The number of fused-ring (bicyclic) bond motifs is 20. The van der Waals surface area contributed by atoms with Crippen LogP contribution in [0.1, 0.15) is 49.9 Å². The summed E-state index contributed by atoms with van der Waals surface area (Å²) < 4.78 is 0. The molecule has 0 heteroatoms. The van der Waals surface area contributed by atoms with Crippen LogP contribution in [0.15, 0.2) is 364 Å². The SMILES string of the molecule is CC1(C)c2ccc(-c3c4ccccc4c(-c4ccc(-c5cc6ccccc6c6ccccc56)cc4)c4ccccc34)cc2-c2ccc3ccccc3c21.CC1(C)c2ccc(-c3c4ccccc4c(-c4ccccc4-c4cc5ccccc5c5ccccc45)c4ccccc34)cc2-c2ccc3ccccc3c21. The van der Waals surface area contributed by atoms with Gasteiger partial charge in [-0.15, -0.1) is 0 Å². The van der Waals surface area contributed by atoms with Gasteiger partial charge < -0.3 is 0 Å². The second-order valence-corrected chi connectivity index (χ2v) is 30.4. The van der Waals surface area contributed by atoms with Gasteiger partial charge >= 0.3 is 0 Å². The smallest absolute Gasteiger partial charge is 0.0165 e. The molecule has 2 aliphatic rings. The van der Waals surface area contributed by atoms with Gasteiger partial charge in [0.05, 0.1) is 0 Å². The molecule has 0 radical (unpaired) electrons. The lowest BCUT2D eigenvalue weighted by atomic mass is 9.79. The molecule has 0 atom stereocenters. The van der Waals surface area contributed by atoms with Gasteiger partial charge in [0.15, 0.2) is 0 Å². The van der Waals surface area contributed by atoms with Crippen LogP contribution in [-0.2, 0) is 10.8 Å². The van der Waals surface area contributed by atoms with Crippen molar-refractivity contribution in [3.63, 3.8) is 0 Å². The molecule has 0 aliphatic heterocycles. The molecular weight excluding hydrogens is 1270 g/mol. The monoisotopic (exact) mass is 1340 g/mol. The van der Waals surface area contributed by atoms with Crippen molar-refractivity contribution in [1.82, 2.24) is 0 Å². The highest BCUT2D eigenvalue weighted by Crippen LogP contribution is 2.57. The first kappa shape index (κ1) is 61.6. The Morgan fingerprint density at radius 1 is 0.151 bits per heavy atom. The van der Waals surface area contributed by atoms with E-state index in [2.05, 4.69) is 392 Å². The first-order valence-corrected chi connectivity index (χ1v) is 37.4. The molecule has 20 aromatic rings. The summed E-state index contributed by atoms with van der Waals surface area (Å²) in [5, 5.41) is 25.8. The van der Waals surface area contributed by atoms with Crippen LogP contribution in [0.4, 0.5) is 0 Å². The van der Waals surface area contributed by atoms with Gasteiger partial charge in [-0.25, -0.2) is 0 Å². The first-order chi connectivity index (χ1) is 52.1. The topological polar surface area (TPSA) is 0 Å². The summed E-state index contributed by atoms with van der Waals surface area (Å²) in [7, 11) is 0. The van der Waals surface area contributed by atoms with Crippen LogP contribution in [0.25, 0.3) is 197 Å². The molecule has 0 aromatic heterocycles. The van der Waals surface area contributed by atoms with Crippen molar-refractivity contribution in [1.29, 1.82) is 0 Å². The fourth-order valence-corrected chi connectivity index (χ4v) is 19.3. The Bertz CT molecular complexity index is 7000. The highest BCUT2D eigenvalue weighted by Gasteiger charge is 2.39. The van der Waals surface area contributed by atoms with Gasteiger partial charge in [0.25, 0.3) is 0 Å². The quantitative estimate of drug-likeness (QED) is 0.115. The number of benzene rings is 20. The number of rotatable bonds is 6. The summed E-state index contributed by atoms with van der Waals surface area (Å²) in [6.45, 7) is 9.55. The van der Waals surface area contributed by atoms with Gasteiger partial charge in [-0.1, -0.05) is 367 Å². The average Bonchev–Trinajstić information content (AvgIpc) is 1.35. The van der Waals surface area contributed by atoms with E-state index in [1.165, 1.54) is 219 Å². The minimum Gasteiger partial charge on any atom is -0.0616 e. The molecule has 22 rings (SSSR count). The molecule has 496 valence electrons. The fourth-order valence-electron chi connectivity index (χ4n) is 19.3. The number of hydrogen-bond donors (Lipinski definition) is 0. The van der Waals surface area contributed by atoms with E-state index in [0.717, 1.165) is 0 Å². The zero-order valence-corrected chi connectivity index (χ0v) is 59.6. The molecule has 0 saturated carbocycles. The van der Waals surface area contributed by atoms with Crippen molar-refractivity contribution < 1.29 is 0 Å². The first-order valence-electron chi connectivity index (χ1n) is 37.4. The van der Waals surface area contributed by atoms with Gasteiger partial charge in [0.1, 0.15) is 0 Å². The van der Waals surface area contributed by atoms with Gasteiger partial charge in [-0.2, -0.15) is 0 Å². The van der Waals surface area contributed by atoms with Crippen molar-refractivity contribution in [2.75, 3.05) is 0 Å². The second kappa shape index (κ2) is 23.8. The molecule has 0 amide bonds. The summed E-state index contributed by atoms with van der Waals surface area (Å²) in [6.07, 6.45) is 0. The Balaban J connectivity index is 0.000000136. The van der Waals surface area contributed by atoms with Crippen LogP contribution in [0.3, 0.4) is 0 Å². The maximum absolute atomic E-state index is 2.47.